The number of anilines is 1. The van der Waals surface area contributed by atoms with Crippen LogP contribution in [-0.2, 0) is 6.54 Å². The third-order valence-electron chi connectivity index (χ3n) is 3.14. The smallest absolute Gasteiger partial charge is 0.225 e. The lowest BCUT2D eigenvalue weighted by Gasteiger charge is -2.24. The van der Waals surface area contributed by atoms with Crippen LogP contribution in [0.15, 0.2) is 12.3 Å². The van der Waals surface area contributed by atoms with Gasteiger partial charge in [-0.05, 0) is 31.7 Å². The molecule has 1 atom stereocenters. The summed E-state index contributed by atoms with van der Waals surface area (Å²) < 4.78 is 0. The zero-order chi connectivity index (χ0) is 10.8. The van der Waals surface area contributed by atoms with Gasteiger partial charge in [-0.1, -0.05) is 0 Å². The van der Waals surface area contributed by atoms with Crippen LogP contribution in [0.5, 0.6) is 0 Å². The van der Waals surface area contributed by atoms with Crippen LogP contribution in [0.1, 0.15) is 25.5 Å². The molecule has 1 aromatic rings. The Bertz CT molecular complexity index is 335. The summed E-state index contributed by atoms with van der Waals surface area (Å²) in [6, 6.07) is 2.39. The quantitative estimate of drug-likeness (QED) is 0.803. The molecule has 0 aromatic carbocycles. The second-order valence-corrected chi connectivity index (χ2v) is 4.24. The average Bonchev–Trinajstić information content (AvgIpc) is 3.11. The van der Waals surface area contributed by atoms with Gasteiger partial charge in [-0.2, -0.15) is 0 Å². The standard InChI is InChI=1S/C11H18N4/c1-8(9-3-4-9)15(2)11-13-6-5-10(7-12)14-11/h5-6,8-9H,3-4,7,12H2,1-2H3. The molecule has 2 rings (SSSR count). The summed E-state index contributed by atoms with van der Waals surface area (Å²) in [6.07, 6.45) is 4.45. The summed E-state index contributed by atoms with van der Waals surface area (Å²) in [4.78, 5) is 10.8. The molecule has 0 spiro atoms. The molecule has 1 heterocycles. The molecule has 0 bridgehead atoms. The average molecular weight is 206 g/mol. The Kier molecular flexibility index (Phi) is 2.86. The van der Waals surface area contributed by atoms with Crippen molar-refractivity contribution in [1.82, 2.24) is 9.97 Å². The Balaban J connectivity index is 2.12. The summed E-state index contributed by atoms with van der Waals surface area (Å²) in [5, 5.41) is 0. The lowest BCUT2D eigenvalue weighted by Crippen LogP contribution is -2.32. The molecule has 1 aliphatic rings. The molecular formula is C11H18N4. The van der Waals surface area contributed by atoms with Crippen molar-refractivity contribution in [3.63, 3.8) is 0 Å². The van der Waals surface area contributed by atoms with Crippen molar-refractivity contribution in [2.24, 2.45) is 11.7 Å². The first-order valence-corrected chi connectivity index (χ1v) is 5.47. The number of hydrogen-bond acceptors (Lipinski definition) is 4. The Morgan fingerprint density at radius 1 is 1.60 bits per heavy atom. The normalized spacial score (nSPS) is 17.5. The van der Waals surface area contributed by atoms with Crippen molar-refractivity contribution >= 4 is 5.95 Å². The van der Waals surface area contributed by atoms with Crippen LogP contribution < -0.4 is 10.6 Å². The van der Waals surface area contributed by atoms with E-state index in [2.05, 4.69) is 28.8 Å². The molecule has 4 nitrogen and oxygen atoms in total. The molecular weight excluding hydrogens is 188 g/mol. The van der Waals surface area contributed by atoms with Gasteiger partial charge in [0.05, 0.1) is 5.69 Å². The fraction of sp³-hybridized carbons (Fsp3) is 0.636. The topological polar surface area (TPSA) is 55.0 Å². The lowest BCUT2D eigenvalue weighted by molar-refractivity contribution is 0.596. The van der Waals surface area contributed by atoms with Gasteiger partial charge in [0.25, 0.3) is 0 Å². The fourth-order valence-corrected chi connectivity index (χ4v) is 1.75. The van der Waals surface area contributed by atoms with Crippen LogP contribution in [-0.4, -0.2) is 23.1 Å². The zero-order valence-corrected chi connectivity index (χ0v) is 9.35. The molecule has 0 amide bonds. The van der Waals surface area contributed by atoms with Crippen molar-refractivity contribution in [2.45, 2.75) is 32.4 Å². The third-order valence-corrected chi connectivity index (χ3v) is 3.14. The monoisotopic (exact) mass is 206 g/mol. The van der Waals surface area contributed by atoms with E-state index in [-0.39, 0.29) is 0 Å². The first-order valence-electron chi connectivity index (χ1n) is 5.47. The van der Waals surface area contributed by atoms with Crippen LogP contribution in [0.3, 0.4) is 0 Å². The van der Waals surface area contributed by atoms with Gasteiger partial charge in [0.1, 0.15) is 0 Å². The second-order valence-electron chi connectivity index (χ2n) is 4.24. The number of nitrogens with zero attached hydrogens (tertiary/aromatic N) is 3. The van der Waals surface area contributed by atoms with Crippen LogP contribution in [0, 0.1) is 5.92 Å². The van der Waals surface area contributed by atoms with E-state index in [1.54, 1.807) is 6.20 Å². The maximum absolute atomic E-state index is 5.56. The van der Waals surface area contributed by atoms with E-state index in [0.29, 0.717) is 12.6 Å². The zero-order valence-electron chi connectivity index (χ0n) is 9.35. The van der Waals surface area contributed by atoms with Crippen LogP contribution >= 0.6 is 0 Å². The van der Waals surface area contributed by atoms with Crippen LogP contribution in [0.4, 0.5) is 5.95 Å². The summed E-state index contributed by atoms with van der Waals surface area (Å²) in [5.41, 5.74) is 6.46. The van der Waals surface area contributed by atoms with Crippen molar-refractivity contribution in [3.05, 3.63) is 18.0 Å². The van der Waals surface area contributed by atoms with Crippen molar-refractivity contribution < 1.29 is 0 Å². The van der Waals surface area contributed by atoms with Gasteiger partial charge in [-0.25, -0.2) is 9.97 Å². The van der Waals surface area contributed by atoms with Gasteiger partial charge >= 0.3 is 0 Å². The first-order chi connectivity index (χ1) is 7.22. The van der Waals surface area contributed by atoms with Crippen molar-refractivity contribution in [1.29, 1.82) is 0 Å². The van der Waals surface area contributed by atoms with Crippen LogP contribution in [0.2, 0.25) is 0 Å². The molecule has 2 N–H and O–H groups in total. The Morgan fingerprint density at radius 2 is 2.33 bits per heavy atom. The lowest BCUT2D eigenvalue weighted by atomic mass is 10.2. The molecule has 1 aromatic heterocycles. The van der Waals surface area contributed by atoms with Gasteiger partial charge in [-0.3, -0.25) is 0 Å². The second kappa shape index (κ2) is 4.14. The SMILES string of the molecule is CC(C1CC1)N(C)c1nccc(CN)n1. The summed E-state index contributed by atoms with van der Waals surface area (Å²) in [7, 11) is 2.05. The van der Waals surface area contributed by atoms with Crippen LogP contribution in [0.25, 0.3) is 0 Å². The minimum Gasteiger partial charge on any atom is -0.341 e. The molecule has 1 aliphatic carbocycles. The highest BCUT2D eigenvalue weighted by molar-refractivity contribution is 5.31. The minimum atomic E-state index is 0.473. The molecule has 15 heavy (non-hydrogen) atoms. The van der Waals surface area contributed by atoms with E-state index in [1.165, 1.54) is 12.8 Å². The minimum absolute atomic E-state index is 0.473. The third kappa shape index (κ3) is 2.26. The molecule has 0 saturated heterocycles. The largest absolute Gasteiger partial charge is 0.341 e. The fourth-order valence-electron chi connectivity index (χ4n) is 1.75. The highest BCUT2D eigenvalue weighted by atomic mass is 15.3. The van der Waals surface area contributed by atoms with Gasteiger partial charge in [0, 0.05) is 25.8 Å². The molecule has 4 heteroatoms. The Morgan fingerprint density at radius 3 is 2.93 bits per heavy atom. The molecule has 1 saturated carbocycles. The highest BCUT2D eigenvalue weighted by Gasteiger charge is 2.31. The predicted molar refractivity (Wildman–Crippen MR) is 60.5 cm³/mol. The first kappa shape index (κ1) is 10.4. The van der Waals surface area contributed by atoms with E-state index >= 15 is 0 Å². The van der Waals surface area contributed by atoms with Gasteiger partial charge in [0.2, 0.25) is 5.95 Å². The molecule has 0 radical (unpaired) electrons. The summed E-state index contributed by atoms with van der Waals surface area (Å²) in [5.74, 6) is 1.61. The Hall–Kier alpha value is -1.16. The summed E-state index contributed by atoms with van der Waals surface area (Å²) >= 11 is 0. The van der Waals surface area contributed by atoms with E-state index < -0.39 is 0 Å². The van der Waals surface area contributed by atoms with Crippen molar-refractivity contribution in [3.8, 4) is 0 Å². The number of nitrogens with two attached hydrogens (primary N) is 1. The van der Waals surface area contributed by atoms with E-state index in [4.69, 9.17) is 5.73 Å². The van der Waals surface area contributed by atoms with E-state index in [0.717, 1.165) is 17.6 Å². The molecule has 0 aliphatic heterocycles. The number of hydrogen-bond donors (Lipinski definition) is 1. The van der Waals surface area contributed by atoms with Gasteiger partial charge in [0.15, 0.2) is 0 Å². The number of aromatic nitrogens is 2. The highest BCUT2D eigenvalue weighted by Crippen LogP contribution is 2.35. The number of rotatable bonds is 4. The van der Waals surface area contributed by atoms with E-state index in [1.807, 2.05) is 6.07 Å². The Labute approximate surface area is 90.5 Å². The molecule has 1 unspecified atom stereocenters. The van der Waals surface area contributed by atoms with E-state index in [9.17, 15) is 0 Å². The maximum atomic E-state index is 5.56. The maximum Gasteiger partial charge on any atom is 0.225 e. The van der Waals surface area contributed by atoms with Crippen molar-refractivity contribution in [2.75, 3.05) is 11.9 Å². The molecule has 82 valence electrons. The summed E-state index contributed by atoms with van der Waals surface area (Å²) in [6.45, 7) is 2.71. The van der Waals surface area contributed by atoms with Gasteiger partial charge < -0.3 is 10.6 Å². The molecule has 1 fully saturated rings. The predicted octanol–water partition coefficient (Wildman–Crippen LogP) is 1.17. The van der Waals surface area contributed by atoms with Gasteiger partial charge in [-0.15, -0.1) is 0 Å².